The van der Waals surface area contributed by atoms with E-state index < -0.39 is 0 Å². The zero-order valence-electron chi connectivity index (χ0n) is 13.9. The minimum atomic E-state index is 0. The summed E-state index contributed by atoms with van der Waals surface area (Å²) in [6.07, 6.45) is 0.933. The lowest BCUT2D eigenvalue weighted by Crippen LogP contribution is -2.33. The fraction of sp³-hybridized carbons (Fsp3) is 0.412. The van der Waals surface area contributed by atoms with Gasteiger partial charge in [-0.15, -0.1) is 35.3 Å². The highest BCUT2D eigenvalue weighted by atomic mass is 127. The van der Waals surface area contributed by atoms with Crippen LogP contribution in [0.5, 0.6) is 0 Å². The maximum absolute atomic E-state index is 5.89. The van der Waals surface area contributed by atoms with Gasteiger partial charge in [-0.2, -0.15) is 0 Å². The molecule has 0 radical (unpaired) electrons. The van der Waals surface area contributed by atoms with Crippen molar-refractivity contribution < 1.29 is 0 Å². The van der Waals surface area contributed by atoms with Crippen LogP contribution in [0.15, 0.2) is 40.7 Å². The average Bonchev–Trinajstić information content (AvgIpc) is 2.95. The number of hydrogen-bond acceptors (Lipinski definition) is 3. The van der Waals surface area contributed by atoms with E-state index in [0.717, 1.165) is 23.7 Å². The number of benzene rings is 1. The monoisotopic (exact) mass is 444 g/mol. The van der Waals surface area contributed by atoms with Crippen molar-refractivity contribution in [2.45, 2.75) is 39.2 Å². The van der Waals surface area contributed by atoms with E-state index in [2.05, 4.69) is 53.6 Å². The van der Waals surface area contributed by atoms with E-state index >= 15 is 0 Å². The smallest absolute Gasteiger partial charge is 0.189 e. The molecule has 4 nitrogen and oxygen atoms in total. The van der Waals surface area contributed by atoms with Crippen LogP contribution in [0.25, 0.3) is 0 Å². The maximum Gasteiger partial charge on any atom is 0.189 e. The van der Waals surface area contributed by atoms with Crippen molar-refractivity contribution in [3.8, 4) is 0 Å². The molecule has 6 heteroatoms. The number of aliphatic imine (C=N–C) groups is 1. The van der Waals surface area contributed by atoms with Crippen LogP contribution < -0.4 is 11.1 Å². The minimum Gasteiger partial charge on any atom is -0.370 e. The fourth-order valence-electron chi connectivity index (χ4n) is 1.92. The van der Waals surface area contributed by atoms with E-state index in [-0.39, 0.29) is 29.4 Å². The Morgan fingerprint density at radius 1 is 1.26 bits per heavy atom. The SMILES string of the molecule is CC(C)(C)c1csc(CN=C(N)NCCc2ccccc2)n1.I. The van der Waals surface area contributed by atoms with Crippen molar-refractivity contribution in [2.24, 2.45) is 10.7 Å². The van der Waals surface area contributed by atoms with Crippen LogP contribution in [0, 0.1) is 0 Å². The van der Waals surface area contributed by atoms with Crippen LogP contribution >= 0.6 is 35.3 Å². The van der Waals surface area contributed by atoms with Gasteiger partial charge in [-0.1, -0.05) is 51.1 Å². The van der Waals surface area contributed by atoms with Crippen LogP contribution in [-0.2, 0) is 18.4 Å². The van der Waals surface area contributed by atoms with Crippen molar-refractivity contribution in [1.29, 1.82) is 0 Å². The van der Waals surface area contributed by atoms with Crippen LogP contribution in [0.4, 0.5) is 0 Å². The molecule has 1 aromatic heterocycles. The Morgan fingerprint density at radius 2 is 1.96 bits per heavy atom. The largest absolute Gasteiger partial charge is 0.370 e. The molecule has 0 fully saturated rings. The Hall–Kier alpha value is -1.15. The molecule has 1 heterocycles. The van der Waals surface area contributed by atoms with Gasteiger partial charge in [0.2, 0.25) is 0 Å². The molecule has 0 aliphatic heterocycles. The van der Waals surface area contributed by atoms with Crippen LogP contribution in [0.3, 0.4) is 0 Å². The Morgan fingerprint density at radius 3 is 2.57 bits per heavy atom. The molecule has 2 aromatic rings. The van der Waals surface area contributed by atoms with Gasteiger partial charge in [0.15, 0.2) is 5.96 Å². The number of nitrogens with two attached hydrogens (primary N) is 1. The van der Waals surface area contributed by atoms with Crippen molar-refractivity contribution in [2.75, 3.05) is 6.54 Å². The maximum atomic E-state index is 5.89. The van der Waals surface area contributed by atoms with Gasteiger partial charge in [0.1, 0.15) is 5.01 Å². The van der Waals surface area contributed by atoms with Crippen molar-refractivity contribution >= 4 is 41.3 Å². The third kappa shape index (κ3) is 6.87. The second kappa shape index (κ2) is 9.22. The van der Waals surface area contributed by atoms with Crippen LogP contribution in [-0.4, -0.2) is 17.5 Å². The normalized spacial score (nSPS) is 11.9. The summed E-state index contributed by atoms with van der Waals surface area (Å²) in [5.74, 6) is 0.475. The summed E-state index contributed by atoms with van der Waals surface area (Å²) >= 11 is 1.64. The number of rotatable bonds is 5. The van der Waals surface area contributed by atoms with E-state index in [1.807, 2.05) is 18.2 Å². The molecule has 2 rings (SSSR count). The first-order valence-electron chi connectivity index (χ1n) is 7.48. The Kier molecular flexibility index (Phi) is 7.98. The van der Waals surface area contributed by atoms with E-state index in [0.29, 0.717) is 12.5 Å². The van der Waals surface area contributed by atoms with Gasteiger partial charge < -0.3 is 11.1 Å². The molecular formula is C17H25IN4S. The van der Waals surface area contributed by atoms with Gasteiger partial charge >= 0.3 is 0 Å². The summed E-state index contributed by atoms with van der Waals surface area (Å²) in [5, 5.41) is 6.24. The molecule has 0 amide bonds. The number of nitrogens with zero attached hydrogens (tertiary/aromatic N) is 2. The zero-order chi connectivity index (χ0) is 16.0. The zero-order valence-corrected chi connectivity index (χ0v) is 17.0. The summed E-state index contributed by atoms with van der Waals surface area (Å²) in [5.41, 5.74) is 8.37. The molecule has 23 heavy (non-hydrogen) atoms. The predicted octanol–water partition coefficient (Wildman–Crippen LogP) is 3.71. The molecule has 0 bridgehead atoms. The molecule has 3 N–H and O–H groups in total. The first-order chi connectivity index (χ1) is 10.4. The number of thiazole rings is 1. The van der Waals surface area contributed by atoms with Gasteiger partial charge in [0.05, 0.1) is 12.2 Å². The second-order valence-electron chi connectivity index (χ2n) is 6.24. The van der Waals surface area contributed by atoms with Crippen LogP contribution in [0.1, 0.15) is 37.0 Å². The molecule has 0 saturated heterocycles. The first kappa shape index (κ1) is 19.9. The highest BCUT2D eigenvalue weighted by Crippen LogP contribution is 2.24. The summed E-state index contributed by atoms with van der Waals surface area (Å²) in [6, 6.07) is 10.3. The Balaban J connectivity index is 0.00000264. The number of hydrogen-bond donors (Lipinski definition) is 2. The van der Waals surface area contributed by atoms with Gasteiger partial charge in [-0.05, 0) is 12.0 Å². The topological polar surface area (TPSA) is 63.3 Å². The lowest BCUT2D eigenvalue weighted by molar-refractivity contribution is 0.571. The van der Waals surface area contributed by atoms with Crippen molar-refractivity contribution in [3.05, 3.63) is 52.0 Å². The van der Waals surface area contributed by atoms with Crippen LogP contribution in [0.2, 0.25) is 0 Å². The molecule has 0 aliphatic carbocycles. The van der Waals surface area contributed by atoms with Gasteiger partial charge in [0, 0.05) is 17.3 Å². The summed E-state index contributed by atoms with van der Waals surface area (Å²) in [7, 11) is 0. The average molecular weight is 444 g/mol. The number of halogens is 1. The first-order valence-corrected chi connectivity index (χ1v) is 8.36. The quantitative estimate of drug-likeness (QED) is 0.420. The molecule has 0 aliphatic rings. The highest BCUT2D eigenvalue weighted by molar-refractivity contribution is 14.0. The molecule has 126 valence electrons. The number of nitrogens with one attached hydrogen (secondary N) is 1. The van der Waals surface area contributed by atoms with E-state index in [9.17, 15) is 0 Å². The summed E-state index contributed by atoms with van der Waals surface area (Å²) in [4.78, 5) is 8.96. The summed E-state index contributed by atoms with van der Waals surface area (Å²) < 4.78 is 0. The molecular weight excluding hydrogens is 419 g/mol. The van der Waals surface area contributed by atoms with Gasteiger partial charge in [-0.25, -0.2) is 9.98 Å². The third-order valence-corrected chi connectivity index (χ3v) is 4.10. The molecule has 0 spiro atoms. The van der Waals surface area contributed by atoms with Gasteiger partial charge in [-0.3, -0.25) is 0 Å². The van der Waals surface area contributed by atoms with E-state index in [4.69, 9.17) is 5.73 Å². The molecule has 1 aromatic carbocycles. The third-order valence-electron chi connectivity index (χ3n) is 3.27. The summed E-state index contributed by atoms with van der Waals surface area (Å²) in [6.45, 7) is 7.80. The molecule has 0 saturated carbocycles. The van der Waals surface area contributed by atoms with Crippen molar-refractivity contribution in [1.82, 2.24) is 10.3 Å². The van der Waals surface area contributed by atoms with Gasteiger partial charge in [0.25, 0.3) is 0 Å². The van der Waals surface area contributed by atoms with Crippen molar-refractivity contribution in [3.63, 3.8) is 0 Å². The second-order valence-corrected chi connectivity index (χ2v) is 7.18. The molecule has 0 atom stereocenters. The van der Waals surface area contributed by atoms with E-state index in [1.165, 1.54) is 5.56 Å². The standard InChI is InChI=1S/C17H24N4S.HI/c1-17(2,3)14-12-22-15(21-14)11-20-16(18)19-10-9-13-7-5-4-6-8-13;/h4-8,12H,9-11H2,1-3H3,(H3,18,19,20);1H. The highest BCUT2D eigenvalue weighted by Gasteiger charge is 2.17. The Labute approximate surface area is 159 Å². The lowest BCUT2D eigenvalue weighted by atomic mass is 9.93. The van der Waals surface area contributed by atoms with E-state index in [1.54, 1.807) is 11.3 Å². The Bertz CT molecular complexity index is 617. The fourth-order valence-corrected chi connectivity index (χ4v) is 2.86. The molecule has 0 unspecified atom stereocenters. The number of guanidine groups is 1. The predicted molar refractivity (Wildman–Crippen MR) is 110 cm³/mol. The lowest BCUT2D eigenvalue weighted by Gasteiger charge is -2.14. The number of aromatic nitrogens is 1. The minimum absolute atomic E-state index is 0.